The number of thioether (sulfide) groups is 1. The van der Waals surface area contributed by atoms with Crippen LogP contribution in [-0.4, -0.2) is 76.1 Å². The highest BCUT2D eigenvalue weighted by Gasteiger charge is 2.74. The fourth-order valence-electron chi connectivity index (χ4n) is 7.04. The Morgan fingerprint density at radius 2 is 1.95 bits per heavy atom. The molecular weight excluding hydrogens is 482 g/mol. The van der Waals surface area contributed by atoms with Crippen molar-refractivity contribution in [2.45, 2.75) is 62.2 Å². The van der Waals surface area contributed by atoms with Crippen LogP contribution in [0.2, 0.25) is 0 Å². The van der Waals surface area contributed by atoms with Crippen molar-refractivity contribution < 1.29 is 5.11 Å². The maximum absolute atomic E-state index is 9.63. The van der Waals surface area contributed by atoms with E-state index in [-0.39, 0.29) is 5.54 Å². The monoisotopic (exact) mass is 519 g/mol. The van der Waals surface area contributed by atoms with Crippen LogP contribution in [0.25, 0.3) is 0 Å². The van der Waals surface area contributed by atoms with E-state index in [9.17, 15) is 10.4 Å². The standard InChI is InChI=1S/C28H37N7OS/c1-37-24-7-5-3-2-4-6-20(24)14-31-27-32-15-21(12-29)26(34-27)33-17-28-10-22-25(23(11-28)35(22)28)30-13-18-8-19(9-18)16-36/h2-3,6-7,15,18-19,22-23,25,30,36H,4-5,8-11,13-14,16-17H2,1H3,(H2,31,32,33,34)/b3-2-,20-6-,24-7+. The van der Waals surface area contributed by atoms with Crippen molar-refractivity contribution in [2.75, 3.05) is 43.1 Å². The Labute approximate surface area is 223 Å². The normalized spacial score (nSPS) is 37.3. The highest BCUT2D eigenvalue weighted by molar-refractivity contribution is 8.02. The van der Waals surface area contributed by atoms with Gasteiger partial charge in [-0.15, -0.1) is 11.8 Å². The van der Waals surface area contributed by atoms with Gasteiger partial charge in [0.2, 0.25) is 5.95 Å². The van der Waals surface area contributed by atoms with E-state index < -0.39 is 0 Å². The van der Waals surface area contributed by atoms with E-state index >= 15 is 0 Å². The zero-order valence-corrected chi connectivity index (χ0v) is 22.3. The summed E-state index contributed by atoms with van der Waals surface area (Å²) >= 11 is 1.76. The summed E-state index contributed by atoms with van der Waals surface area (Å²) < 4.78 is 0. The lowest BCUT2D eigenvalue weighted by molar-refractivity contribution is -0.288. The minimum Gasteiger partial charge on any atom is -0.396 e. The first kappa shape index (κ1) is 24.9. The number of allylic oxidation sites excluding steroid dienone is 4. The second kappa shape index (κ2) is 10.4. The minimum atomic E-state index is 0.215. The molecular formula is C28H37N7OS. The number of hydrogen-bond donors (Lipinski definition) is 4. The Morgan fingerprint density at radius 1 is 1.16 bits per heavy atom. The number of aromatic nitrogens is 2. The third-order valence-electron chi connectivity index (χ3n) is 9.08. The van der Waals surface area contributed by atoms with Crippen LogP contribution in [0.5, 0.6) is 0 Å². The lowest BCUT2D eigenvalue weighted by Crippen LogP contribution is -2.96. The summed E-state index contributed by atoms with van der Waals surface area (Å²) in [5.74, 6) is 2.44. The summed E-state index contributed by atoms with van der Waals surface area (Å²) in [4.78, 5) is 13.0. The van der Waals surface area contributed by atoms with E-state index in [1.807, 2.05) is 0 Å². The van der Waals surface area contributed by atoms with E-state index in [2.05, 4.69) is 67.4 Å². The maximum atomic E-state index is 9.63. The number of nitrogens with one attached hydrogen (secondary N) is 3. The third-order valence-corrected chi connectivity index (χ3v) is 9.95. The number of anilines is 2. The van der Waals surface area contributed by atoms with Gasteiger partial charge in [-0.25, -0.2) is 4.98 Å². The molecule has 4 fully saturated rings. The van der Waals surface area contributed by atoms with Crippen molar-refractivity contribution in [3.8, 4) is 6.07 Å². The molecule has 5 aliphatic rings. The lowest BCUT2D eigenvalue weighted by atomic mass is 9.52. The van der Waals surface area contributed by atoms with Gasteiger partial charge in [-0.1, -0.05) is 24.3 Å². The number of nitrogens with zero attached hydrogens (tertiary/aromatic N) is 4. The van der Waals surface area contributed by atoms with Gasteiger partial charge in [0.05, 0.1) is 6.20 Å². The molecule has 1 aromatic heterocycles. The molecule has 3 aliphatic heterocycles. The van der Waals surface area contributed by atoms with Gasteiger partial charge in [0.1, 0.15) is 17.5 Å². The highest BCUT2D eigenvalue weighted by atomic mass is 32.2. The highest BCUT2D eigenvalue weighted by Crippen LogP contribution is 2.61. The summed E-state index contributed by atoms with van der Waals surface area (Å²) in [7, 11) is 0. The fraction of sp³-hybridized carbons (Fsp3) is 0.607. The van der Waals surface area contributed by atoms with Gasteiger partial charge in [0.15, 0.2) is 0 Å². The molecule has 8 nitrogen and oxygen atoms in total. The number of hydrogen-bond acceptors (Lipinski definition) is 9. The largest absolute Gasteiger partial charge is 0.396 e. The zero-order valence-electron chi connectivity index (χ0n) is 21.5. The number of rotatable bonds is 11. The van der Waals surface area contributed by atoms with Crippen molar-refractivity contribution in [3.63, 3.8) is 0 Å². The molecule has 196 valence electrons. The molecule has 0 amide bonds. The lowest BCUT2D eigenvalue weighted by Gasteiger charge is -2.81. The molecule has 9 heteroatoms. The van der Waals surface area contributed by atoms with E-state index in [4.69, 9.17) is 0 Å². The van der Waals surface area contributed by atoms with E-state index in [1.165, 1.54) is 36.2 Å². The predicted molar refractivity (Wildman–Crippen MR) is 148 cm³/mol. The molecule has 2 unspecified atom stereocenters. The molecule has 2 aliphatic carbocycles. The van der Waals surface area contributed by atoms with Crippen molar-refractivity contribution in [1.29, 1.82) is 5.26 Å². The van der Waals surface area contributed by atoms with E-state index in [1.54, 1.807) is 18.0 Å². The van der Waals surface area contributed by atoms with Crippen molar-refractivity contribution in [3.05, 3.63) is 46.5 Å². The Bertz CT molecular complexity index is 1140. The van der Waals surface area contributed by atoms with Crippen LogP contribution in [-0.2, 0) is 0 Å². The molecule has 3 saturated heterocycles. The second-order valence-electron chi connectivity index (χ2n) is 11.2. The summed E-state index contributed by atoms with van der Waals surface area (Å²) in [6, 6.07) is 4.17. The van der Waals surface area contributed by atoms with Gasteiger partial charge in [-0.05, 0) is 68.7 Å². The summed E-state index contributed by atoms with van der Waals surface area (Å²) in [6.45, 7) is 2.91. The first-order chi connectivity index (χ1) is 18.1. The molecule has 0 aromatic carbocycles. The molecule has 4 N–H and O–H groups in total. The Balaban J connectivity index is 1.01. The van der Waals surface area contributed by atoms with Gasteiger partial charge >= 0.3 is 0 Å². The molecule has 1 aromatic rings. The quantitative estimate of drug-likeness (QED) is 0.328. The van der Waals surface area contributed by atoms with Gasteiger partial charge < -0.3 is 21.1 Å². The maximum Gasteiger partial charge on any atom is 0.224 e. The molecule has 37 heavy (non-hydrogen) atoms. The van der Waals surface area contributed by atoms with Crippen LogP contribution in [0.1, 0.15) is 44.1 Å². The number of aliphatic hydroxyl groups is 1. The fourth-order valence-corrected chi connectivity index (χ4v) is 7.72. The second-order valence-corrected chi connectivity index (χ2v) is 12.1. The first-order valence-corrected chi connectivity index (χ1v) is 14.8. The smallest absolute Gasteiger partial charge is 0.224 e. The first-order valence-electron chi connectivity index (χ1n) is 13.6. The number of piperidine rings is 3. The minimum absolute atomic E-state index is 0.215. The van der Waals surface area contributed by atoms with E-state index in [0.717, 1.165) is 31.8 Å². The van der Waals surface area contributed by atoms with Gasteiger partial charge in [0, 0.05) is 48.3 Å². The number of nitriles is 1. The molecule has 6 rings (SSSR count). The van der Waals surface area contributed by atoms with Gasteiger partial charge in [-0.3, -0.25) is 4.90 Å². The summed E-state index contributed by atoms with van der Waals surface area (Å²) in [5, 5.41) is 29.6. The Kier molecular flexibility index (Phi) is 7.01. The summed E-state index contributed by atoms with van der Waals surface area (Å²) in [5.41, 5.74) is 1.95. The van der Waals surface area contributed by atoms with Crippen LogP contribution in [0.4, 0.5) is 11.8 Å². The van der Waals surface area contributed by atoms with Crippen LogP contribution < -0.4 is 16.0 Å². The zero-order chi connectivity index (χ0) is 25.4. The third kappa shape index (κ3) is 4.59. The molecule has 0 spiro atoms. The SMILES string of the molecule is CSC1=C/C/C=C\C/C=C\1CNc1ncc(C#N)c(NCC23CC4C(NCC5CC(CO)C5)C(C2)N43)n1. The van der Waals surface area contributed by atoms with Crippen molar-refractivity contribution in [1.82, 2.24) is 20.2 Å². The van der Waals surface area contributed by atoms with E-state index in [0.29, 0.717) is 54.5 Å². The molecule has 4 heterocycles. The number of aliphatic hydroxyl groups excluding tert-OH is 1. The molecule has 0 radical (unpaired) electrons. The Morgan fingerprint density at radius 3 is 2.65 bits per heavy atom. The average Bonchev–Trinajstić information content (AvgIpc) is 2.86. The van der Waals surface area contributed by atoms with Crippen LogP contribution in [0, 0.1) is 23.2 Å². The molecule has 2 atom stereocenters. The summed E-state index contributed by atoms with van der Waals surface area (Å²) in [6.07, 6.45) is 19.3. The topological polar surface area (TPSA) is 109 Å². The molecule has 0 bridgehead atoms. The predicted octanol–water partition coefficient (Wildman–Crippen LogP) is 3.27. The van der Waals surface area contributed by atoms with Crippen LogP contribution in [0.3, 0.4) is 0 Å². The van der Waals surface area contributed by atoms with Gasteiger partial charge in [-0.2, -0.15) is 10.2 Å². The van der Waals surface area contributed by atoms with Crippen LogP contribution >= 0.6 is 11.8 Å². The van der Waals surface area contributed by atoms with Gasteiger partial charge in [0.25, 0.3) is 0 Å². The van der Waals surface area contributed by atoms with Crippen molar-refractivity contribution in [2.24, 2.45) is 11.8 Å². The van der Waals surface area contributed by atoms with Crippen LogP contribution in [0.15, 0.2) is 41.0 Å². The Hall–Kier alpha value is -2.38. The average molecular weight is 520 g/mol. The van der Waals surface area contributed by atoms with Crippen molar-refractivity contribution >= 4 is 23.5 Å². The molecule has 1 saturated carbocycles.